The first-order chi connectivity index (χ1) is 11.3. The number of carbonyl (C=O) groups is 1. The van der Waals surface area contributed by atoms with E-state index in [1.54, 1.807) is 0 Å². The van der Waals surface area contributed by atoms with E-state index in [1.165, 1.54) is 0 Å². The average Bonchev–Trinajstić information content (AvgIpc) is 3.14. The van der Waals surface area contributed by atoms with E-state index in [0.29, 0.717) is 26.2 Å². The molecule has 1 aromatic rings. The van der Waals surface area contributed by atoms with Crippen molar-refractivity contribution in [3.8, 4) is 5.75 Å². The van der Waals surface area contributed by atoms with Gasteiger partial charge in [0.25, 0.3) is 0 Å². The molecule has 1 aromatic carbocycles. The van der Waals surface area contributed by atoms with Crippen LogP contribution in [0.3, 0.4) is 0 Å². The molecule has 5 heteroatoms. The highest BCUT2D eigenvalue weighted by Crippen LogP contribution is 2.25. The fourth-order valence-electron chi connectivity index (χ4n) is 3.22. The first-order valence-electron chi connectivity index (χ1n) is 8.55. The van der Waals surface area contributed by atoms with E-state index in [9.17, 15) is 4.79 Å². The molecule has 3 rings (SSSR count). The zero-order valence-corrected chi connectivity index (χ0v) is 13.5. The third-order valence-electron chi connectivity index (χ3n) is 4.38. The Kier molecular flexibility index (Phi) is 5.88. The number of likely N-dealkylation sites (tertiary alicyclic amines) is 1. The molecule has 1 amide bonds. The molecular formula is C18H25NO4. The van der Waals surface area contributed by atoms with Gasteiger partial charge >= 0.3 is 0 Å². The van der Waals surface area contributed by atoms with E-state index in [-0.39, 0.29) is 18.2 Å². The standard InChI is InChI=1S/C18H25NO4/c20-17(10-6-12-21-15-7-2-1-3-8-15)19-11-5-4-9-16(19)18-22-13-14-23-18/h1-3,7-8,16,18H,4-6,9-14H2/t16-/m0/s1. The van der Waals surface area contributed by atoms with E-state index in [0.717, 1.165) is 38.0 Å². The number of amides is 1. The zero-order valence-electron chi connectivity index (χ0n) is 13.5. The van der Waals surface area contributed by atoms with Gasteiger partial charge in [0.15, 0.2) is 6.29 Å². The molecule has 0 radical (unpaired) electrons. The Morgan fingerprint density at radius 1 is 1.17 bits per heavy atom. The Hall–Kier alpha value is -1.59. The number of carbonyl (C=O) groups excluding carboxylic acids is 1. The van der Waals surface area contributed by atoms with Crippen molar-refractivity contribution in [3.05, 3.63) is 30.3 Å². The van der Waals surface area contributed by atoms with E-state index in [4.69, 9.17) is 14.2 Å². The number of hydrogen-bond acceptors (Lipinski definition) is 4. The van der Waals surface area contributed by atoms with Crippen LogP contribution in [0.5, 0.6) is 5.75 Å². The van der Waals surface area contributed by atoms with Gasteiger partial charge < -0.3 is 19.1 Å². The van der Waals surface area contributed by atoms with Crippen LogP contribution in [0.4, 0.5) is 0 Å². The fourth-order valence-corrected chi connectivity index (χ4v) is 3.22. The molecule has 23 heavy (non-hydrogen) atoms. The van der Waals surface area contributed by atoms with Gasteiger partial charge in [0.1, 0.15) is 5.75 Å². The summed E-state index contributed by atoms with van der Waals surface area (Å²) < 4.78 is 16.9. The summed E-state index contributed by atoms with van der Waals surface area (Å²) in [6.45, 7) is 2.64. The van der Waals surface area contributed by atoms with Gasteiger partial charge in [0.05, 0.1) is 25.9 Å². The third kappa shape index (κ3) is 4.45. The van der Waals surface area contributed by atoms with Crippen LogP contribution >= 0.6 is 0 Å². The number of hydrogen-bond donors (Lipinski definition) is 0. The molecule has 0 N–H and O–H groups in total. The largest absolute Gasteiger partial charge is 0.494 e. The van der Waals surface area contributed by atoms with E-state index < -0.39 is 0 Å². The molecule has 0 bridgehead atoms. The van der Waals surface area contributed by atoms with Gasteiger partial charge in [-0.2, -0.15) is 0 Å². The molecular weight excluding hydrogens is 294 g/mol. The second kappa shape index (κ2) is 8.31. The summed E-state index contributed by atoms with van der Waals surface area (Å²) in [5.74, 6) is 1.04. The fraction of sp³-hybridized carbons (Fsp3) is 0.611. The topological polar surface area (TPSA) is 48.0 Å². The Bertz CT molecular complexity index is 487. The smallest absolute Gasteiger partial charge is 0.223 e. The van der Waals surface area contributed by atoms with Gasteiger partial charge in [-0.15, -0.1) is 0 Å². The summed E-state index contributed by atoms with van der Waals surface area (Å²) in [6.07, 6.45) is 4.17. The Labute approximate surface area is 137 Å². The van der Waals surface area contributed by atoms with E-state index in [1.807, 2.05) is 35.2 Å². The molecule has 0 unspecified atom stereocenters. The summed E-state index contributed by atoms with van der Waals surface area (Å²) in [5.41, 5.74) is 0. The molecule has 2 heterocycles. The maximum Gasteiger partial charge on any atom is 0.223 e. The molecule has 0 saturated carbocycles. The first-order valence-corrected chi connectivity index (χ1v) is 8.55. The van der Waals surface area contributed by atoms with Gasteiger partial charge in [-0.3, -0.25) is 4.79 Å². The highest BCUT2D eigenvalue weighted by molar-refractivity contribution is 5.76. The predicted molar refractivity (Wildman–Crippen MR) is 86.2 cm³/mol. The normalized spacial score (nSPS) is 22.3. The van der Waals surface area contributed by atoms with Gasteiger partial charge in [-0.25, -0.2) is 0 Å². The molecule has 0 aliphatic carbocycles. The summed E-state index contributed by atoms with van der Waals surface area (Å²) in [6, 6.07) is 9.78. The highest BCUT2D eigenvalue weighted by atomic mass is 16.7. The Balaban J connectivity index is 1.44. The highest BCUT2D eigenvalue weighted by Gasteiger charge is 2.35. The summed E-state index contributed by atoms with van der Waals surface area (Å²) in [4.78, 5) is 14.5. The van der Waals surface area contributed by atoms with Crippen LogP contribution in [0.25, 0.3) is 0 Å². The summed E-state index contributed by atoms with van der Waals surface area (Å²) >= 11 is 0. The van der Waals surface area contributed by atoms with Crippen molar-refractivity contribution in [1.82, 2.24) is 4.90 Å². The minimum atomic E-state index is -0.236. The van der Waals surface area contributed by atoms with Crippen molar-refractivity contribution < 1.29 is 19.0 Å². The zero-order chi connectivity index (χ0) is 15.9. The molecule has 0 spiro atoms. The predicted octanol–water partition coefficient (Wildman–Crippen LogP) is 2.60. The molecule has 2 aliphatic rings. The van der Waals surface area contributed by atoms with Crippen LogP contribution < -0.4 is 4.74 Å². The summed E-state index contributed by atoms with van der Waals surface area (Å²) in [7, 11) is 0. The number of para-hydroxylation sites is 1. The number of rotatable bonds is 6. The maximum atomic E-state index is 12.5. The lowest BCUT2D eigenvalue weighted by Crippen LogP contribution is -2.50. The van der Waals surface area contributed by atoms with Crippen LogP contribution in [0.2, 0.25) is 0 Å². The molecule has 2 fully saturated rings. The molecule has 1 atom stereocenters. The molecule has 5 nitrogen and oxygen atoms in total. The van der Waals surface area contributed by atoms with Crippen molar-refractivity contribution in [2.24, 2.45) is 0 Å². The lowest BCUT2D eigenvalue weighted by molar-refractivity contribution is -0.150. The molecule has 2 aliphatic heterocycles. The van der Waals surface area contributed by atoms with E-state index in [2.05, 4.69) is 0 Å². The van der Waals surface area contributed by atoms with E-state index >= 15 is 0 Å². The first kappa shape index (κ1) is 16.3. The quantitative estimate of drug-likeness (QED) is 0.756. The molecule has 0 aromatic heterocycles. The van der Waals surface area contributed by atoms with Crippen molar-refractivity contribution in [3.63, 3.8) is 0 Å². The number of piperidine rings is 1. The number of ether oxygens (including phenoxy) is 3. The van der Waals surface area contributed by atoms with Gasteiger partial charge in [-0.05, 0) is 37.8 Å². The average molecular weight is 319 g/mol. The maximum absolute atomic E-state index is 12.5. The SMILES string of the molecule is O=C(CCCOc1ccccc1)N1CCCC[C@H]1C1OCCO1. The minimum Gasteiger partial charge on any atom is -0.494 e. The van der Waals surface area contributed by atoms with Gasteiger partial charge in [0.2, 0.25) is 5.91 Å². The van der Waals surface area contributed by atoms with Crippen molar-refractivity contribution >= 4 is 5.91 Å². The molecule has 126 valence electrons. The summed E-state index contributed by atoms with van der Waals surface area (Å²) in [5, 5.41) is 0. The third-order valence-corrected chi connectivity index (χ3v) is 4.38. The van der Waals surface area contributed by atoms with Crippen LogP contribution in [0, 0.1) is 0 Å². The molecule has 2 saturated heterocycles. The van der Waals surface area contributed by atoms with Crippen molar-refractivity contribution in [2.45, 2.75) is 44.4 Å². The Morgan fingerprint density at radius 2 is 1.96 bits per heavy atom. The van der Waals surface area contributed by atoms with Gasteiger partial charge in [-0.1, -0.05) is 18.2 Å². The van der Waals surface area contributed by atoms with Crippen LogP contribution in [-0.4, -0.2) is 49.5 Å². The van der Waals surface area contributed by atoms with Gasteiger partial charge in [0, 0.05) is 13.0 Å². The van der Waals surface area contributed by atoms with Crippen LogP contribution in [-0.2, 0) is 14.3 Å². The van der Waals surface area contributed by atoms with Crippen molar-refractivity contribution in [2.75, 3.05) is 26.4 Å². The van der Waals surface area contributed by atoms with Crippen LogP contribution in [0.15, 0.2) is 30.3 Å². The monoisotopic (exact) mass is 319 g/mol. The lowest BCUT2D eigenvalue weighted by Gasteiger charge is -2.38. The second-order valence-corrected chi connectivity index (χ2v) is 6.03. The van der Waals surface area contributed by atoms with Crippen molar-refractivity contribution in [1.29, 1.82) is 0 Å². The number of nitrogens with zero attached hydrogens (tertiary/aromatic N) is 1. The Morgan fingerprint density at radius 3 is 2.74 bits per heavy atom. The number of benzene rings is 1. The second-order valence-electron chi connectivity index (χ2n) is 6.03. The van der Waals surface area contributed by atoms with Crippen LogP contribution in [0.1, 0.15) is 32.1 Å². The lowest BCUT2D eigenvalue weighted by atomic mass is 10.0. The minimum absolute atomic E-state index is 0.0776.